The first-order valence-corrected chi connectivity index (χ1v) is 7.10. The monoisotopic (exact) mass is 317 g/mol. The molecule has 1 rings (SSSR count). The lowest BCUT2D eigenvalue weighted by atomic mass is 10.2. The summed E-state index contributed by atoms with van der Waals surface area (Å²) in [4.78, 5) is 0. The molecule has 0 unspecified atom stereocenters. The minimum Gasteiger partial charge on any atom is -0.493 e. The maximum Gasteiger partial charge on any atom is 0.119 e. The quantitative estimate of drug-likeness (QED) is 0.733. The number of rotatable bonds is 8. The van der Waals surface area contributed by atoms with Crippen LogP contribution in [0.4, 0.5) is 4.39 Å². The van der Waals surface area contributed by atoms with Gasteiger partial charge in [0.2, 0.25) is 0 Å². The van der Waals surface area contributed by atoms with Gasteiger partial charge in [-0.3, -0.25) is 4.39 Å². The standard InChI is InChI=1S/C14H21BrFNO/c1-11(2)9-17-10-12-8-13(4-5-14(12)15)18-7-3-6-16/h4-5,8,11,17H,3,6-7,9-10H2,1-2H3. The van der Waals surface area contributed by atoms with Gasteiger partial charge in [-0.1, -0.05) is 29.8 Å². The average molecular weight is 318 g/mol. The Labute approximate surface area is 117 Å². The lowest BCUT2D eigenvalue weighted by Gasteiger charge is -2.11. The van der Waals surface area contributed by atoms with E-state index in [2.05, 4.69) is 35.1 Å². The van der Waals surface area contributed by atoms with Crippen molar-refractivity contribution < 1.29 is 9.13 Å². The summed E-state index contributed by atoms with van der Waals surface area (Å²) in [5.41, 5.74) is 1.16. The number of hydrogen-bond donors (Lipinski definition) is 1. The third-order valence-corrected chi connectivity index (χ3v) is 3.21. The van der Waals surface area contributed by atoms with Gasteiger partial charge in [0.1, 0.15) is 5.75 Å². The topological polar surface area (TPSA) is 21.3 Å². The zero-order valence-corrected chi connectivity index (χ0v) is 12.6. The summed E-state index contributed by atoms with van der Waals surface area (Å²) in [6.07, 6.45) is 0.441. The molecule has 0 fully saturated rings. The molecule has 1 N–H and O–H groups in total. The summed E-state index contributed by atoms with van der Waals surface area (Å²) < 4.78 is 18.5. The summed E-state index contributed by atoms with van der Waals surface area (Å²) in [6.45, 7) is 6.24. The maximum atomic E-state index is 12.0. The second-order valence-electron chi connectivity index (χ2n) is 4.67. The van der Waals surface area contributed by atoms with E-state index in [9.17, 15) is 4.39 Å². The molecule has 0 aromatic heterocycles. The summed E-state index contributed by atoms with van der Waals surface area (Å²) in [6, 6.07) is 5.86. The van der Waals surface area contributed by atoms with Gasteiger partial charge < -0.3 is 10.1 Å². The van der Waals surface area contributed by atoms with Crippen LogP contribution in [0.5, 0.6) is 5.75 Å². The van der Waals surface area contributed by atoms with Gasteiger partial charge in [-0.05, 0) is 36.2 Å². The summed E-state index contributed by atoms with van der Waals surface area (Å²) in [5, 5.41) is 3.39. The molecule has 0 aliphatic rings. The molecule has 0 saturated heterocycles. The molecule has 18 heavy (non-hydrogen) atoms. The van der Waals surface area contributed by atoms with Crippen LogP contribution in [0.25, 0.3) is 0 Å². The van der Waals surface area contributed by atoms with Crippen molar-refractivity contribution in [1.82, 2.24) is 5.32 Å². The molecule has 1 aromatic rings. The number of hydrogen-bond acceptors (Lipinski definition) is 2. The molecule has 0 spiro atoms. The molecule has 0 atom stereocenters. The van der Waals surface area contributed by atoms with E-state index in [1.165, 1.54) is 0 Å². The first kappa shape index (κ1) is 15.4. The molecule has 0 heterocycles. The Morgan fingerprint density at radius 2 is 2.17 bits per heavy atom. The van der Waals surface area contributed by atoms with Crippen molar-refractivity contribution in [3.8, 4) is 5.75 Å². The lowest BCUT2D eigenvalue weighted by Crippen LogP contribution is -2.19. The van der Waals surface area contributed by atoms with Gasteiger partial charge in [0, 0.05) is 17.4 Å². The highest BCUT2D eigenvalue weighted by molar-refractivity contribution is 9.10. The minimum absolute atomic E-state index is 0.334. The number of halogens is 2. The summed E-state index contributed by atoms with van der Waals surface area (Å²) in [7, 11) is 0. The Morgan fingerprint density at radius 1 is 1.39 bits per heavy atom. The number of nitrogens with one attached hydrogen (secondary N) is 1. The molecule has 4 heteroatoms. The number of ether oxygens (including phenoxy) is 1. The Balaban J connectivity index is 2.52. The van der Waals surface area contributed by atoms with E-state index in [0.29, 0.717) is 18.9 Å². The van der Waals surface area contributed by atoms with Crippen LogP contribution in [0.15, 0.2) is 22.7 Å². The van der Waals surface area contributed by atoms with Crippen LogP contribution in [0.1, 0.15) is 25.8 Å². The van der Waals surface area contributed by atoms with E-state index >= 15 is 0 Å². The van der Waals surface area contributed by atoms with Gasteiger partial charge in [-0.25, -0.2) is 0 Å². The third-order valence-electron chi connectivity index (χ3n) is 2.43. The van der Waals surface area contributed by atoms with Gasteiger partial charge >= 0.3 is 0 Å². The largest absolute Gasteiger partial charge is 0.493 e. The molecular weight excluding hydrogens is 297 g/mol. The first-order chi connectivity index (χ1) is 8.63. The van der Waals surface area contributed by atoms with Crippen LogP contribution in [0.3, 0.4) is 0 Å². The van der Waals surface area contributed by atoms with Crippen LogP contribution >= 0.6 is 15.9 Å². The third kappa shape index (κ3) is 5.83. The molecule has 0 radical (unpaired) electrons. The Hall–Kier alpha value is -0.610. The Kier molecular flexibility index (Phi) is 7.28. The fourth-order valence-corrected chi connectivity index (χ4v) is 1.90. The molecule has 0 aliphatic heterocycles. The highest BCUT2D eigenvalue weighted by Gasteiger charge is 2.03. The van der Waals surface area contributed by atoms with Gasteiger partial charge in [-0.2, -0.15) is 0 Å². The number of benzene rings is 1. The average Bonchev–Trinajstić information content (AvgIpc) is 2.33. The molecule has 102 valence electrons. The SMILES string of the molecule is CC(C)CNCc1cc(OCCCF)ccc1Br. The van der Waals surface area contributed by atoms with Crippen molar-refractivity contribution in [1.29, 1.82) is 0 Å². The second kappa shape index (κ2) is 8.48. The van der Waals surface area contributed by atoms with E-state index in [4.69, 9.17) is 4.74 Å². The highest BCUT2D eigenvalue weighted by atomic mass is 79.9. The van der Waals surface area contributed by atoms with E-state index in [1.54, 1.807) is 0 Å². The predicted octanol–water partition coefficient (Wildman–Crippen LogP) is 3.93. The normalized spacial score (nSPS) is 10.9. The summed E-state index contributed by atoms with van der Waals surface area (Å²) >= 11 is 3.52. The second-order valence-corrected chi connectivity index (χ2v) is 5.52. The van der Waals surface area contributed by atoms with Crippen LogP contribution in [0.2, 0.25) is 0 Å². The fraction of sp³-hybridized carbons (Fsp3) is 0.571. The van der Waals surface area contributed by atoms with E-state index in [-0.39, 0.29) is 6.67 Å². The molecule has 0 amide bonds. The van der Waals surface area contributed by atoms with Gasteiger partial charge in [0.15, 0.2) is 0 Å². The van der Waals surface area contributed by atoms with E-state index in [1.807, 2.05) is 18.2 Å². The summed E-state index contributed by atoms with van der Waals surface area (Å²) in [5.74, 6) is 1.43. The smallest absolute Gasteiger partial charge is 0.119 e. The van der Waals surface area contributed by atoms with Crippen LogP contribution < -0.4 is 10.1 Å². The van der Waals surface area contributed by atoms with Gasteiger partial charge in [0.05, 0.1) is 13.3 Å². The lowest BCUT2D eigenvalue weighted by molar-refractivity contribution is 0.289. The zero-order chi connectivity index (χ0) is 13.4. The Morgan fingerprint density at radius 3 is 2.83 bits per heavy atom. The predicted molar refractivity (Wildman–Crippen MR) is 76.8 cm³/mol. The van der Waals surface area contributed by atoms with Crippen molar-refractivity contribution in [2.75, 3.05) is 19.8 Å². The minimum atomic E-state index is -0.334. The zero-order valence-electron chi connectivity index (χ0n) is 11.0. The van der Waals surface area contributed by atoms with Crippen molar-refractivity contribution in [3.63, 3.8) is 0 Å². The van der Waals surface area contributed by atoms with Crippen molar-refractivity contribution in [3.05, 3.63) is 28.2 Å². The fourth-order valence-electron chi connectivity index (χ4n) is 1.52. The number of alkyl halides is 1. The molecule has 0 bridgehead atoms. The van der Waals surface area contributed by atoms with Crippen LogP contribution in [-0.2, 0) is 6.54 Å². The maximum absolute atomic E-state index is 12.0. The Bertz CT molecular complexity index is 358. The van der Waals surface area contributed by atoms with Crippen LogP contribution in [-0.4, -0.2) is 19.8 Å². The van der Waals surface area contributed by atoms with Gasteiger partial charge in [-0.15, -0.1) is 0 Å². The van der Waals surface area contributed by atoms with Crippen LogP contribution in [0, 0.1) is 5.92 Å². The van der Waals surface area contributed by atoms with Crippen molar-refractivity contribution in [2.24, 2.45) is 5.92 Å². The van der Waals surface area contributed by atoms with Crippen molar-refractivity contribution in [2.45, 2.75) is 26.8 Å². The highest BCUT2D eigenvalue weighted by Crippen LogP contribution is 2.22. The molecular formula is C14H21BrFNO. The molecule has 0 aliphatic carbocycles. The van der Waals surface area contributed by atoms with E-state index < -0.39 is 0 Å². The first-order valence-electron chi connectivity index (χ1n) is 6.31. The molecule has 1 aromatic carbocycles. The van der Waals surface area contributed by atoms with Gasteiger partial charge in [0.25, 0.3) is 0 Å². The van der Waals surface area contributed by atoms with Crippen molar-refractivity contribution >= 4 is 15.9 Å². The van der Waals surface area contributed by atoms with E-state index in [0.717, 1.165) is 28.9 Å². The molecule has 0 saturated carbocycles. The molecule has 2 nitrogen and oxygen atoms in total.